The Bertz CT molecular complexity index is 767. The van der Waals surface area contributed by atoms with Gasteiger partial charge in [0.05, 0.1) is 11.5 Å². The maximum atomic E-state index is 12.6. The van der Waals surface area contributed by atoms with E-state index in [1.165, 1.54) is 16.2 Å². The number of rotatable bonds is 4. The third-order valence-electron chi connectivity index (χ3n) is 4.08. The molecule has 2 aromatic rings. The molecule has 0 unspecified atom stereocenters. The van der Waals surface area contributed by atoms with E-state index in [0.29, 0.717) is 16.6 Å². The molecule has 0 spiro atoms. The number of hydrogen-bond acceptors (Lipinski definition) is 4. The van der Waals surface area contributed by atoms with Gasteiger partial charge in [-0.1, -0.05) is 18.2 Å². The lowest BCUT2D eigenvalue weighted by Crippen LogP contribution is -2.27. The lowest BCUT2D eigenvalue weighted by atomic mass is 10.0. The van der Waals surface area contributed by atoms with E-state index in [1.54, 1.807) is 17.8 Å². The number of benzene rings is 1. The minimum absolute atomic E-state index is 0.0367. The Morgan fingerprint density at radius 3 is 2.78 bits per heavy atom. The van der Waals surface area contributed by atoms with Crippen molar-refractivity contribution in [3.8, 4) is 0 Å². The zero-order valence-electron chi connectivity index (χ0n) is 12.4. The topological polar surface area (TPSA) is 58.2 Å². The van der Waals surface area contributed by atoms with Crippen molar-refractivity contribution in [2.24, 2.45) is 0 Å². The highest BCUT2D eigenvalue weighted by Gasteiger charge is 2.30. The van der Waals surface area contributed by atoms with Crippen LogP contribution in [-0.2, 0) is 4.79 Å². The van der Waals surface area contributed by atoms with Gasteiger partial charge in [-0.15, -0.1) is 23.1 Å². The van der Waals surface area contributed by atoms with E-state index in [0.717, 1.165) is 24.2 Å². The summed E-state index contributed by atoms with van der Waals surface area (Å²) in [5, 5.41) is 8.40. The van der Waals surface area contributed by atoms with E-state index < -0.39 is 0 Å². The maximum absolute atomic E-state index is 12.6. The standard InChI is InChI=1S/C17H16N2O2S2/c20-15(18-10-5-6-10)12-7-8-22-17(12)19-16(21)13-9-23-14-4-2-1-3-11(13)14/h1-4,7-8,10,13H,5-6,9H2,(H,18,20)(H,19,21)/t13-/m1/s1. The van der Waals surface area contributed by atoms with Crippen LogP contribution in [0.3, 0.4) is 0 Å². The largest absolute Gasteiger partial charge is 0.349 e. The highest BCUT2D eigenvalue weighted by Crippen LogP contribution is 2.40. The van der Waals surface area contributed by atoms with E-state index in [4.69, 9.17) is 0 Å². The molecule has 0 bridgehead atoms. The number of anilines is 1. The summed E-state index contributed by atoms with van der Waals surface area (Å²) in [5.41, 5.74) is 1.64. The summed E-state index contributed by atoms with van der Waals surface area (Å²) in [6.45, 7) is 0. The molecule has 2 amide bonds. The van der Waals surface area contributed by atoms with Crippen LogP contribution in [0.25, 0.3) is 0 Å². The van der Waals surface area contributed by atoms with Crippen LogP contribution in [0.2, 0.25) is 0 Å². The van der Waals surface area contributed by atoms with E-state index in [9.17, 15) is 9.59 Å². The highest BCUT2D eigenvalue weighted by molar-refractivity contribution is 7.99. The highest BCUT2D eigenvalue weighted by atomic mass is 32.2. The smallest absolute Gasteiger partial charge is 0.254 e. The predicted molar refractivity (Wildman–Crippen MR) is 93.3 cm³/mol. The van der Waals surface area contributed by atoms with Crippen molar-refractivity contribution in [2.75, 3.05) is 11.1 Å². The molecule has 2 aliphatic rings. The molecule has 1 saturated carbocycles. The number of hydrogen-bond donors (Lipinski definition) is 2. The predicted octanol–water partition coefficient (Wildman–Crippen LogP) is 3.47. The lowest BCUT2D eigenvalue weighted by Gasteiger charge is -2.12. The van der Waals surface area contributed by atoms with E-state index in [2.05, 4.69) is 10.6 Å². The van der Waals surface area contributed by atoms with Crippen LogP contribution in [0.4, 0.5) is 5.00 Å². The average molecular weight is 344 g/mol. The summed E-state index contributed by atoms with van der Waals surface area (Å²) in [7, 11) is 0. The number of carbonyl (C=O) groups excluding carboxylic acids is 2. The van der Waals surface area contributed by atoms with Gasteiger partial charge < -0.3 is 10.6 Å². The zero-order valence-corrected chi connectivity index (χ0v) is 14.0. The summed E-state index contributed by atoms with van der Waals surface area (Å²) in [6, 6.07) is 10.1. The molecule has 1 aromatic heterocycles. The first kappa shape index (κ1) is 14.8. The first-order chi connectivity index (χ1) is 11.2. The van der Waals surface area contributed by atoms with Crippen molar-refractivity contribution in [1.29, 1.82) is 0 Å². The van der Waals surface area contributed by atoms with E-state index >= 15 is 0 Å². The van der Waals surface area contributed by atoms with Crippen molar-refractivity contribution < 1.29 is 9.59 Å². The Balaban J connectivity index is 1.49. The zero-order chi connectivity index (χ0) is 15.8. The molecule has 1 fully saturated rings. The fourth-order valence-electron chi connectivity index (χ4n) is 2.65. The summed E-state index contributed by atoms with van der Waals surface area (Å²) in [4.78, 5) is 26.0. The number of amides is 2. The Labute approximate surface area is 142 Å². The van der Waals surface area contributed by atoms with Crippen LogP contribution in [-0.4, -0.2) is 23.6 Å². The second-order valence-corrected chi connectivity index (χ2v) is 7.78. The lowest BCUT2D eigenvalue weighted by molar-refractivity contribution is -0.117. The summed E-state index contributed by atoms with van der Waals surface area (Å²) in [5.74, 6) is 0.466. The molecule has 4 nitrogen and oxygen atoms in total. The second-order valence-electron chi connectivity index (χ2n) is 5.80. The van der Waals surface area contributed by atoms with Crippen molar-refractivity contribution in [3.05, 3.63) is 46.8 Å². The first-order valence-corrected chi connectivity index (χ1v) is 9.50. The maximum Gasteiger partial charge on any atom is 0.254 e. The van der Waals surface area contributed by atoms with Gasteiger partial charge in [0.2, 0.25) is 5.91 Å². The number of carbonyl (C=O) groups is 2. The van der Waals surface area contributed by atoms with Gasteiger partial charge >= 0.3 is 0 Å². The van der Waals surface area contributed by atoms with Gasteiger partial charge in [-0.05, 0) is 35.9 Å². The SMILES string of the molecule is O=C(NC1CC1)c1ccsc1NC(=O)[C@@H]1CSc2ccccc21. The molecule has 0 radical (unpaired) electrons. The first-order valence-electron chi connectivity index (χ1n) is 7.63. The molecule has 23 heavy (non-hydrogen) atoms. The number of nitrogens with one attached hydrogen (secondary N) is 2. The van der Waals surface area contributed by atoms with Crippen molar-refractivity contribution in [3.63, 3.8) is 0 Å². The Hall–Kier alpha value is -1.79. The van der Waals surface area contributed by atoms with Crippen molar-refractivity contribution in [2.45, 2.75) is 29.7 Å². The Kier molecular flexibility index (Phi) is 3.87. The molecule has 118 valence electrons. The van der Waals surface area contributed by atoms with Crippen molar-refractivity contribution in [1.82, 2.24) is 5.32 Å². The average Bonchev–Trinajstić information content (AvgIpc) is 3.09. The molecular weight excluding hydrogens is 328 g/mol. The molecule has 1 atom stereocenters. The van der Waals surface area contributed by atoms with Crippen LogP contribution in [0, 0.1) is 0 Å². The molecule has 0 saturated heterocycles. The van der Waals surface area contributed by atoms with E-state index in [-0.39, 0.29) is 17.7 Å². The van der Waals surface area contributed by atoms with Crippen molar-refractivity contribution >= 4 is 39.9 Å². The number of thiophene rings is 1. The van der Waals surface area contributed by atoms with Crippen LogP contribution >= 0.6 is 23.1 Å². The summed E-state index contributed by atoms with van der Waals surface area (Å²) < 4.78 is 0. The third kappa shape index (κ3) is 3.01. The van der Waals surface area contributed by atoms with Crippen LogP contribution in [0.15, 0.2) is 40.6 Å². The van der Waals surface area contributed by atoms with Crippen LogP contribution in [0.5, 0.6) is 0 Å². The minimum Gasteiger partial charge on any atom is -0.349 e. The van der Waals surface area contributed by atoms with Gasteiger partial charge in [0.1, 0.15) is 5.00 Å². The Morgan fingerprint density at radius 1 is 1.13 bits per heavy atom. The second kappa shape index (κ2) is 6.02. The van der Waals surface area contributed by atoms with Gasteiger partial charge in [0.25, 0.3) is 5.91 Å². The Morgan fingerprint density at radius 2 is 1.96 bits per heavy atom. The molecule has 4 rings (SSSR count). The molecule has 6 heteroatoms. The molecule has 1 aliphatic heterocycles. The van der Waals surface area contributed by atoms with Gasteiger partial charge in [0, 0.05) is 16.7 Å². The molecule has 1 aliphatic carbocycles. The minimum atomic E-state index is -0.155. The summed E-state index contributed by atoms with van der Waals surface area (Å²) in [6.07, 6.45) is 2.10. The monoisotopic (exact) mass is 344 g/mol. The molecule has 2 heterocycles. The molecular formula is C17H16N2O2S2. The van der Waals surface area contributed by atoms with Gasteiger partial charge in [-0.3, -0.25) is 9.59 Å². The molecule has 1 aromatic carbocycles. The quantitative estimate of drug-likeness (QED) is 0.893. The van der Waals surface area contributed by atoms with E-state index in [1.807, 2.05) is 29.6 Å². The summed E-state index contributed by atoms with van der Waals surface area (Å²) >= 11 is 3.10. The van der Waals surface area contributed by atoms with Gasteiger partial charge in [0.15, 0.2) is 0 Å². The fourth-order valence-corrected chi connectivity index (χ4v) is 4.67. The van der Waals surface area contributed by atoms with Crippen LogP contribution < -0.4 is 10.6 Å². The fraction of sp³-hybridized carbons (Fsp3) is 0.294. The van der Waals surface area contributed by atoms with Crippen LogP contribution in [0.1, 0.15) is 34.7 Å². The van der Waals surface area contributed by atoms with Gasteiger partial charge in [-0.25, -0.2) is 0 Å². The third-order valence-corrected chi connectivity index (χ3v) is 6.09. The molecule has 2 N–H and O–H groups in total. The number of thioether (sulfide) groups is 1. The normalized spacial score (nSPS) is 19.2. The van der Waals surface area contributed by atoms with Gasteiger partial charge in [-0.2, -0.15) is 0 Å². The number of fused-ring (bicyclic) bond motifs is 1.